The number of amides is 2. The first-order valence-corrected chi connectivity index (χ1v) is 16.3. The van der Waals surface area contributed by atoms with Gasteiger partial charge in [0.2, 0.25) is 11.8 Å². The van der Waals surface area contributed by atoms with Crippen molar-refractivity contribution < 1.29 is 29.4 Å². The number of nitrogens with zero attached hydrogens (tertiary/aromatic N) is 3. The van der Waals surface area contributed by atoms with E-state index in [0.29, 0.717) is 38.0 Å². The normalized spacial score (nSPS) is 17.8. The van der Waals surface area contributed by atoms with E-state index in [1.807, 2.05) is 78.3 Å². The summed E-state index contributed by atoms with van der Waals surface area (Å²) in [5, 5.41) is 30.0. The van der Waals surface area contributed by atoms with Crippen LogP contribution in [0.25, 0.3) is 11.1 Å². The number of ether oxygens (including phenoxy) is 2. The molecule has 1 saturated heterocycles. The van der Waals surface area contributed by atoms with Crippen molar-refractivity contribution in [3.05, 3.63) is 101 Å². The highest BCUT2D eigenvalue weighted by molar-refractivity contribution is 7.99. The lowest BCUT2D eigenvalue weighted by atomic mass is 9.99. The van der Waals surface area contributed by atoms with Crippen molar-refractivity contribution in [1.29, 1.82) is 0 Å². The number of carbonyl (C=O) groups excluding carboxylic acids is 2. The monoisotopic (exact) mass is 645 g/mol. The highest BCUT2D eigenvalue weighted by Gasteiger charge is 2.32. The van der Waals surface area contributed by atoms with E-state index in [1.165, 1.54) is 0 Å². The van der Waals surface area contributed by atoms with Crippen LogP contribution in [0, 0.1) is 0 Å². The number of rotatable bonds is 14. The Balaban J connectivity index is 1.22. The third-order valence-electron chi connectivity index (χ3n) is 7.80. The minimum Gasteiger partial charge on any atom is -0.392 e. The van der Waals surface area contributed by atoms with E-state index in [9.17, 15) is 14.7 Å². The quantitative estimate of drug-likeness (QED) is 0.0644. The van der Waals surface area contributed by atoms with Crippen LogP contribution in [-0.2, 0) is 39.3 Å². The molecule has 0 aliphatic carbocycles. The van der Waals surface area contributed by atoms with Crippen molar-refractivity contribution in [2.75, 3.05) is 5.75 Å². The number of nitrogens with one attached hydrogen (secondary N) is 2. The lowest BCUT2D eigenvalue weighted by molar-refractivity contribution is -0.245. The van der Waals surface area contributed by atoms with Crippen molar-refractivity contribution in [3.8, 4) is 11.1 Å². The highest BCUT2D eigenvalue weighted by Crippen LogP contribution is 2.39. The molecule has 1 aliphatic rings. The summed E-state index contributed by atoms with van der Waals surface area (Å²) in [5.41, 5.74) is 7.43. The molecule has 5 rings (SSSR count). The Morgan fingerprint density at radius 2 is 1.67 bits per heavy atom. The average Bonchev–Trinajstić information content (AvgIpc) is 3.52. The van der Waals surface area contributed by atoms with Gasteiger partial charge in [0.05, 0.1) is 18.8 Å². The van der Waals surface area contributed by atoms with Crippen LogP contribution in [0.3, 0.4) is 0 Å². The van der Waals surface area contributed by atoms with E-state index >= 15 is 0 Å². The Kier molecular flexibility index (Phi) is 11.9. The minimum atomic E-state index is -0.560. The van der Waals surface area contributed by atoms with Gasteiger partial charge in [0, 0.05) is 44.2 Å². The number of aliphatic hydroxyl groups excluding tert-OH is 1. The van der Waals surface area contributed by atoms with E-state index in [-0.39, 0.29) is 31.1 Å². The molecule has 242 valence electrons. The van der Waals surface area contributed by atoms with Crippen LogP contribution < -0.4 is 10.8 Å². The highest BCUT2D eigenvalue weighted by atomic mass is 32.2. The number of unbranched alkanes of at least 4 members (excludes halogenated alkanes) is 1. The Labute approximate surface area is 272 Å². The number of aliphatic hydroxyl groups is 1. The number of benzene rings is 3. The third kappa shape index (κ3) is 9.24. The van der Waals surface area contributed by atoms with Gasteiger partial charge in [-0.3, -0.25) is 14.8 Å². The molecule has 1 aromatic heterocycles. The summed E-state index contributed by atoms with van der Waals surface area (Å²) in [6, 6.07) is 24.0. The summed E-state index contributed by atoms with van der Waals surface area (Å²) in [6.45, 7) is 0.396. The van der Waals surface area contributed by atoms with Gasteiger partial charge < -0.3 is 24.5 Å². The van der Waals surface area contributed by atoms with Gasteiger partial charge in [-0.25, -0.2) is 5.48 Å². The first-order valence-electron chi connectivity index (χ1n) is 15.3. The zero-order chi connectivity index (χ0) is 32.3. The maximum atomic E-state index is 12.3. The summed E-state index contributed by atoms with van der Waals surface area (Å²) >= 11 is 1.60. The van der Waals surface area contributed by atoms with Crippen molar-refractivity contribution in [2.24, 2.45) is 7.05 Å². The standard InChI is InChI=1S/C34H39N5O6S/c1-39-22-36-37-34(39)46-21-29-18-30(26-11-9-23(20-40)10-12-26)45-33(44-29)27-15-13-25(14-16-27)28-6-4-5-24(17-28)19-35-31(41)7-2-3-8-32(42)38-43/h4-6,9-17,22,29-30,33,40,43H,2-3,7-8,18-21H2,1H3,(H,35,41)(H,38,42)/t29-,30+,33+/m1/s1. The number of aryl methyl sites for hydroxylation is 1. The van der Waals surface area contributed by atoms with Crippen LogP contribution in [0.1, 0.15) is 66.8 Å². The Morgan fingerprint density at radius 3 is 2.37 bits per heavy atom. The number of aromatic nitrogens is 3. The van der Waals surface area contributed by atoms with Crippen molar-refractivity contribution in [2.45, 2.75) is 68.9 Å². The summed E-state index contributed by atoms with van der Waals surface area (Å²) in [6.07, 6.45) is 3.14. The maximum absolute atomic E-state index is 12.3. The third-order valence-corrected chi connectivity index (χ3v) is 8.96. The molecule has 46 heavy (non-hydrogen) atoms. The van der Waals surface area contributed by atoms with Crippen molar-refractivity contribution >= 4 is 23.6 Å². The van der Waals surface area contributed by atoms with E-state index < -0.39 is 12.2 Å². The van der Waals surface area contributed by atoms with Gasteiger partial charge in [-0.1, -0.05) is 78.5 Å². The maximum Gasteiger partial charge on any atom is 0.243 e. The van der Waals surface area contributed by atoms with Gasteiger partial charge in [0.1, 0.15) is 6.33 Å². The molecule has 1 aliphatic heterocycles. The predicted molar refractivity (Wildman–Crippen MR) is 172 cm³/mol. The molecule has 12 heteroatoms. The van der Waals surface area contributed by atoms with E-state index in [0.717, 1.165) is 38.5 Å². The molecule has 3 atom stereocenters. The molecule has 1 fully saturated rings. The lowest BCUT2D eigenvalue weighted by Crippen LogP contribution is -2.31. The van der Waals surface area contributed by atoms with Gasteiger partial charge in [0.15, 0.2) is 11.4 Å². The number of hydrogen-bond acceptors (Lipinski definition) is 9. The Bertz CT molecular complexity index is 1580. The van der Waals surface area contributed by atoms with Gasteiger partial charge in [-0.05, 0) is 46.7 Å². The van der Waals surface area contributed by atoms with Gasteiger partial charge in [0.25, 0.3) is 0 Å². The number of hydroxylamine groups is 1. The smallest absolute Gasteiger partial charge is 0.243 e. The predicted octanol–water partition coefficient (Wildman–Crippen LogP) is 4.99. The first kappa shape index (κ1) is 33.3. The van der Waals surface area contributed by atoms with Gasteiger partial charge >= 0.3 is 0 Å². The summed E-state index contributed by atoms with van der Waals surface area (Å²) < 4.78 is 14.9. The van der Waals surface area contributed by atoms with Crippen LogP contribution in [0.4, 0.5) is 0 Å². The molecule has 0 saturated carbocycles. The largest absolute Gasteiger partial charge is 0.392 e. The summed E-state index contributed by atoms with van der Waals surface area (Å²) in [5.74, 6) is 0.165. The van der Waals surface area contributed by atoms with Crippen LogP contribution >= 0.6 is 11.8 Å². The van der Waals surface area contributed by atoms with Crippen LogP contribution in [-0.4, -0.2) is 48.7 Å². The number of carbonyl (C=O) groups is 2. The molecule has 3 aromatic carbocycles. The molecule has 0 radical (unpaired) electrons. The van der Waals surface area contributed by atoms with Crippen LogP contribution in [0.2, 0.25) is 0 Å². The summed E-state index contributed by atoms with van der Waals surface area (Å²) in [7, 11) is 1.92. The molecule has 4 aromatic rings. The summed E-state index contributed by atoms with van der Waals surface area (Å²) in [4.78, 5) is 23.3. The molecule has 0 bridgehead atoms. The fourth-order valence-electron chi connectivity index (χ4n) is 5.20. The zero-order valence-corrected chi connectivity index (χ0v) is 26.5. The number of hydrogen-bond donors (Lipinski definition) is 4. The van der Waals surface area contributed by atoms with Crippen LogP contribution in [0.15, 0.2) is 84.3 Å². The SMILES string of the molecule is Cn1cnnc1SC[C@H]1C[C@@H](c2ccc(CO)cc2)O[C@@H](c2ccc(-c3cccc(CNC(=O)CCCCC(=O)NO)c3)cc2)O1. The second kappa shape index (κ2) is 16.5. The van der Waals surface area contributed by atoms with Crippen molar-refractivity contribution in [1.82, 2.24) is 25.6 Å². The second-order valence-electron chi connectivity index (χ2n) is 11.2. The molecule has 11 nitrogen and oxygen atoms in total. The average molecular weight is 646 g/mol. The second-order valence-corrected chi connectivity index (χ2v) is 12.2. The van der Waals surface area contributed by atoms with Crippen LogP contribution in [0.5, 0.6) is 0 Å². The Morgan fingerprint density at radius 1 is 0.935 bits per heavy atom. The molecular formula is C34H39N5O6S. The molecule has 0 unspecified atom stereocenters. The molecule has 4 N–H and O–H groups in total. The molecular weight excluding hydrogens is 606 g/mol. The molecule has 0 spiro atoms. The topological polar surface area (TPSA) is 148 Å². The zero-order valence-electron chi connectivity index (χ0n) is 25.7. The van der Waals surface area contributed by atoms with Gasteiger partial charge in [-0.15, -0.1) is 10.2 Å². The molecule has 2 heterocycles. The van der Waals surface area contributed by atoms with Gasteiger partial charge in [-0.2, -0.15) is 0 Å². The van der Waals surface area contributed by atoms with Crippen molar-refractivity contribution in [3.63, 3.8) is 0 Å². The fourth-order valence-corrected chi connectivity index (χ4v) is 6.11. The van der Waals surface area contributed by atoms with E-state index in [4.69, 9.17) is 14.7 Å². The first-order chi connectivity index (χ1) is 22.4. The van der Waals surface area contributed by atoms with E-state index in [1.54, 1.807) is 23.6 Å². The number of thioether (sulfide) groups is 1. The Hall–Kier alpha value is -4.07. The minimum absolute atomic E-state index is 0.00650. The fraction of sp³-hybridized carbons (Fsp3) is 0.353. The lowest BCUT2D eigenvalue weighted by Gasteiger charge is -2.36. The van der Waals surface area contributed by atoms with E-state index in [2.05, 4.69) is 21.6 Å². The molecule has 2 amide bonds.